The molecule has 2 fully saturated rings. The molecular weight excluding hydrogens is 544 g/mol. The fourth-order valence-electron chi connectivity index (χ4n) is 7.31. The van der Waals surface area contributed by atoms with Crippen LogP contribution < -0.4 is 11.1 Å². The zero-order valence-corrected chi connectivity index (χ0v) is 24.0. The molecule has 1 saturated heterocycles. The number of piperidine rings is 1. The van der Waals surface area contributed by atoms with Gasteiger partial charge in [0.1, 0.15) is 6.04 Å². The highest BCUT2D eigenvalue weighted by molar-refractivity contribution is 6.05. The van der Waals surface area contributed by atoms with E-state index < -0.39 is 24.1 Å². The van der Waals surface area contributed by atoms with Crippen LogP contribution in [0.4, 0.5) is 4.79 Å². The van der Waals surface area contributed by atoms with Crippen molar-refractivity contribution >= 4 is 23.8 Å². The molecule has 3 aromatic rings. The Morgan fingerprint density at radius 3 is 2.30 bits per heavy atom. The average molecular weight is 579 g/mol. The van der Waals surface area contributed by atoms with Crippen molar-refractivity contribution in [1.29, 1.82) is 0 Å². The first-order valence-corrected chi connectivity index (χ1v) is 15.0. The smallest absolute Gasteiger partial charge is 0.411 e. The molecule has 0 spiro atoms. The van der Waals surface area contributed by atoms with Gasteiger partial charge < -0.3 is 15.4 Å². The molecule has 1 saturated carbocycles. The largest absolute Gasteiger partial charge is 0.436 e. The van der Waals surface area contributed by atoms with Crippen molar-refractivity contribution in [1.82, 2.24) is 15.1 Å². The summed E-state index contributed by atoms with van der Waals surface area (Å²) in [6, 6.07) is 20.2. The van der Waals surface area contributed by atoms with E-state index in [1.54, 1.807) is 11.0 Å². The van der Waals surface area contributed by atoms with Crippen LogP contribution in [0, 0.1) is 0 Å². The van der Waals surface area contributed by atoms with Crippen LogP contribution in [0.15, 0.2) is 66.7 Å². The van der Waals surface area contributed by atoms with Crippen molar-refractivity contribution < 1.29 is 23.9 Å². The van der Waals surface area contributed by atoms with E-state index in [0.717, 1.165) is 52.6 Å². The number of benzene rings is 3. The van der Waals surface area contributed by atoms with Crippen LogP contribution >= 0.6 is 0 Å². The number of nitrogens with zero attached hydrogens (tertiary/aromatic N) is 2. The number of ether oxygens (including phenoxy) is 1. The van der Waals surface area contributed by atoms with E-state index in [1.807, 2.05) is 55.5 Å². The lowest BCUT2D eigenvalue weighted by Gasteiger charge is -2.37. The molecule has 0 radical (unpaired) electrons. The van der Waals surface area contributed by atoms with Crippen LogP contribution in [0.5, 0.6) is 0 Å². The number of carbonyl (C=O) groups is 4. The quantitative estimate of drug-likeness (QED) is 0.427. The molecule has 2 unspecified atom stereocenters. The molecule has 220 valence electrons. The fraction of sp³-hybridized carbons (Fsp3) is 0.353. The third kappa shape index (κ3) is 4.59. The number of nitrogens with one attached hydrogen (secondary N) is 1. The van der Waals surface area contributed by atoms with Crippen LogP contribution in [0.2, 0.25) is 0 Å². The van der Waals surface area contributed by atoms with Crippen molar-refractivity contribution in [2.75, 3.05) is 0 Å². The first-order chi connectivity index (χ1) is 20.8. The third-order valence-electron chi connectivity index (χ3n) is 9.54. The van der Waals surface area contributed by atoms with Crippen LogP contribution in [0.3, 0.4) is 0 Å². The number of nitrogens with two attached hydrogens (primary N) is 1. The maximum Gasteiger partial charge on any atom is 0.411 e. The number of fused-ring (bicyclic) bond motifs is 4. The Labute approximate surface area is 250 Å². The Morgan fingerprint density at radius 1 is 0.953 bits per heavy atom. The summed E-state index contributed by atoms with van der Waals surface area (Å²) >= 11 is 0. The third-order valence-corrected chi connectivity index (χ3v) is 9.54. The lowest BCUT2D eigenvalue weighted by molar-refractivity contribution is -0.136. The van der Waals surface area contributed by atoms with Gasteiger partial charge in [-0.15, -0.1) is 0 Å². The van der Waals surface area contributed by atoms with E-state index in [1.165, 1.54) is 4.90 Å². The maximum atomic E-state index is 14.2. The SMILES string of the molecule is CC(c1ccc2c(c1)CN(C1CCC(=O)NC1=O)C2=O)N(C(=O)OC1c2ccccc2-c2ccccc21)[C@H]1CCC[C@@H]1N. The highest BCUT2D eigenvalue weighted by Gasteiger charge is 2.42. The molecule has 9 heteroatoms. The molecule has 7 rings (SSSR count). The van der Waals surface area contributed by atoms with Gasteiger partial charge in [-0.25, -0.2) is 4.79 Å². The maximum absolute atomic E-state index is 14.2. The standard InChI is InChI=1S/C34H34N4O5/c1-19(20-13-14-22-21(17-20)18-37(33(22)41)29-15-16-30(39)36-32(29)40)38(28-12-6-11-27(28)35)34(42)43-31-25-9-4-2-7-23(25)24-8-3-5-10-26(24)31/h2-5,7-10,13-14,17,19,27-29,31H,6,11-12,15-16,18,35H2,1H3,(H,36,39,40)/t19?,27-,28-,29?/m0/s1. The second kappa shape index (κ2) is 10.6. The topological polar surface area (TPSA) is 122 Å². The molecule has 9 nitrogen and oxygen atoms in total. The van der Waals surface area contributed by atoms with Crippen molar-refractivity contribution in [2.45, 2.75) is 75.8 Å². The predicted octanol–water partition coefficient (Wildman–Crippen LogP) is 4.60. The van der Waals surface area contributed by atoms with E-state index in [4.69, 9.17) is 10.5 Å². The van der Waals surface area contributed by atoms with Crippen LogP contribution in [0.1, 0.15) is 83.8 Å². The van der Waals surface area contributed by atoms with Crippen molar-refractivity contribution in [2.24, 2.45) is 5.73 Å². The Bertz CT molecular complexity index is 1610. The van der Waals surface area contributed by atoms with Crippen LogP contribution in [-0.4, -0.2) is 51.7 Å². The van der Waals surface area contributed by atoms with E-state index >= 15 is 0 Å². The highest BCUT2D eigenvalue weighted by atomic mass is 16.6. The van der Waals surface area contributed by atoms with Gasteiger partial charge in [-0.1, -0.05) is 60.7 Å². The average Bonchev–Trinajstić information content (AvgIpc) is 3.67. The monoisotopic (exact) mass is 578 g/mol. The predicted molar refractivity (Wildman–Crippen MR) is 159 cm³/mol. The minimum absolute atomic E-state index is 0.169. The van der Waals surface area contributed by atoms with Gasteiger partial charge in [0, 0.05) is 35.7 Å². The van der Waals surface area contributed by atoms with Gasteiger partial charge in [0.05, 0.1) is 12.1 Å². The number of imide groups is 1. The minimum atomic E-state index is -0.682. The molecule has 4 aliphatic rings. The van der Waals surface area contributed by atoms with Gasteiger partial charge in [0.2, 0.25) is 11.8 Å². The number of carbonyl (C=O) groups excluding carboxylic acids is 4. The molecule has 0 aromatic heterocycles. The van der Waals surface area contributed by atoms with E-state index in [0.29, 0.717) is 12.0 Å². The van der Waals surface area contributed by atoms with Crippen LogP contribution in [-0.2, 0) is 20.9 Å². The van der Waals surface area contributed by atoms with Gasteiger partial charge in [-0.2, -0.15) is 0 Å². The van der Waals surface area contributed by atoms with Crippen LogP contribution in [0.25, 0.3) is 11.1 Å². The summed E-state index contributed by atoms with van der Waals surface area (Å²) in [7, 11) is 0. The highest BCUT2D eigenvalue weighted by Crippen LogP contribution is 2.46. The van der Waals surface area contributed by atoms with E-state index in [2.05, 4.69) is 17.4 Å². The number of rotatable bonds is 5. The Kier molecular flexibility index (Phi) is 6.77. The molecule has 4 amide bonds. The second-order valence-corrected chi connectivity index (χ2v) is 12.0. The molecular formula is C34H34N4O5. The number of hydrogen-bond donors (Lipinski definition) is 2. The molecule has 0 bridgehead atoms. The van der Waals surface area contributed by atoms with Gasteiger partial charge in [-0.05, 0) is 60.9 Å². The summed E-state index contributed by atoms with van der Waals surface area (Å²) in [6.45, 7) is 2.24. The van der Waals surface area contributed by atoms with Gasteiger partial charge in [0.25, 0.3) is 5.91 Å². The van der Waals surface area contributed by atoms with Gasteiger partial charge in [-0.3, -0.25) is 24.6 Å². The van der Waals surface area contributed by atoms with E-state index in [-0.39, 0.29) is 42.9 Å². The summed E-state index contributed by atoms with van der Waals surface area (Å²) in [6.07, 6.45) is 2.10. The zero-order chi connectivity index (χ0) is 29.8. The fourth-order valence-corrected chi connectivity index (χ4v) is 7.31. The first kappa shape index (κ1) is 27.3. The summed E-state index contributed by atoms with van der Waals surface area (Å²) in [5.74, 6) is -0.982. The Balaban J connectivity index is 1.17. The molecule has 2 aliphatic heterocycles. The van der Waals surface area contributed by atoms with Gasteiger partial charge >= 0.3 is 6.09 Å². The molecule has 2 aliphatic carbocycles. The molecule has 4 atom stereocenters. The van der Waals surface area contributed by atoms with Gasteiger partial charge in [0.15, 0.2) is 6.10 Å². The number of hydrogen-bond acceptors (Lipinski definition) is 6. The molecule has 43 heavy (non-hydrogen) atoms. The van der Waals surface area contributed by atoms with Crippen molar-refractivity contribution in [3.63, 3.8) is 0 Å². The number of amides is 4. The minimum Gasteiger partial charge on any atom is -0.436 e. The normalized spacial score (nSPS) is 23.4. The summed E-state index contributed by atoms with van der Waals surface area (Å²) in [5, 5.41) is 2.35. The zero-order valence-electron chi connectivity index (χ0n) is 24.0. The summed E-state index contributed by atoms with van der Waals surface area (Å²) < 4.78 is 6.35. The van der Waals surface area contributed by atoms with Crippen molar-refractivity contribution in [3.8, 4) is 11.1 Å². The Hall–Kier alpha value is -4.50. The van der Waals surface area contributed by atoms with Crippen molar-refractivity contribution in [3.05, 3.63) is 94.5 Å². The lowest BCUT2D eigenvalue weighted by Crippen LogP contribution is -2.52. The molecule has 3 N–H and O–H groups in total. The van der Waals surface area contributed by atoms with E-state index in [9.17, 15) is 19.2 Å². The molecule has 2 heterocycles. The first-order valence-electron chi connectivity index (χ1n) is 15.0. The lowest BCUT2D eigenvalue weighted by atomic mass is 9.99. The summed E-state index contributed by atoms with van der Waals surface area (Å²) in [4.78, 5) is 54.9. The Morgan fingerprint density at radius 2 is 1.65 bits per heavy atom. The summed E-state index contributed by atoms with van der Waals surface area (Å²) in [5.41, 5.74) is 12.8. The molecule has 3 aromatic carbocycles. The second-order valence-electron chi connectivity index (χ2n) is 12.0.